The average Bonchev–Trinajstić information content (AvgIpc) is 2.47. The summed E-state index contributed by atoms with van der Waals surface area (Å²) in [5.41, 5.74) is 2.78. The van der Waals surface area contributed by atoms with Gasteiger partial charge in [-0.05, 0) is 38.5 Å². The minimum absolute atomic E-state index is 0.00851. The molecule has 0 aliphatic heterocycles. The molecule has 116 valence electrons. The summed E-state index contributed by atoms with van der Waals surface area (Å²) < 4.78 is 5.57. The molecule has 0 saturated carbocycles. The molecule has 2 rings (SSSR count). The number of hydrogen-bond acceptors (Lipinski definition) is 3. The number of carbonyl (C=O) groups is 1. The summed E-state index contributed by atoms with van der Waals surface area (Å²) in [6.07, 6.45) is 1.62. The third-order valence-electron chi connectivity index (χ3n) is 2.90. The van der Waals surface area contributed by atoms with Gasteiger partial charge >= 0.3 is 6.03 Å². The van der Waals surface area contributed by atoms with Crippen molar-refractivity contribution in [2.75, 3.05) is 5.32 Å². The number of benzene rings is 1. The summed E-state index contributed by atoms with van der Waals surface area (Å²) in [7, 11) is 0. The van der Waals surface area contributed by atoms with Gasteiger partial charge in [-0.25, -0.2) is 9.78 Å². The standard InChI is InChI=1S/C17H21N3O2/c1-12(2)22-16-15(8-5-9-18-16)20-17(21)19-11-14-7-4-6-13(3)10-14/h4-10,12H,11H2,1-3H3,(H2,19,20,21). The van der Waals surface area contributed by atoms with E-state index in [2.05, 4.69) is 15.6 Å². The highest BCUT2D eigenvalue weighted by molar-refractivity contribution is 5.90. The first-order valence-corrected chi connectivity index (χ1v) is 7.26. The summed E-state index contributed by atoms with van der Waals surface area (Å²) in [6, 6.07) is 11.2. The second-order valence-corrected chi connectivity index (χ2v) is 5.32. The number of ether oxygens (including phenoxy) is 1. The Hall–Kier alpha value is -2.56. The van der Waals surface area contributed by atoms with E-state index in [1.807, 2.05) is 45.0 Å². The predicted octanol–water partition coefficient (Wildman–Crippen LogP) is 3.50. The van der Waals surface area contributed by atoms with Crippen LogP contribution in [0.1, 0.15) is 25.0 Å². The largest absolute Gasteiger partial charge is 0.473 e. The van der Waals surface area contributed by atoms with Crippen LogP contribution in [0.3, 0.4) is 0 Å². The maximum atomic E-state index is 12.0. The van der Waals surface area contributed by atoms with Crippen molar-refractivity contribution in [2.45, 2.75) is 33.4 Å². The number of anilines is 1. The Morgan fingerprint density at radius 1 is 1.27 bits per heavy atom. The van der Waals surface area contributed by atoms with E-state index in [4.69, 9.17) is 4.74 Å². The fraction of sp³-hybridized carbons (Fsp3) is 0.294. The Morgan fingerprint density at radius 2 is 2.09 bits per heavy atom. The van der Waals surface area contributed by atoms with Gasteiger partial charge in [-0.2, -0.15) is 0 Å². The molecular weight excluding hydrogens is 278 g/mol. The number of carbonyl (C=O) groups excluding carboxylic acids is 1. The number of nitrogens with zero attached hydrogens (tertiary/aromatic N) is 1. The van der Waals surface area contributed by atoms with Crippen LogP contribution in [0.5, 0.6) is 5.88 Å². The van der Waals surface area contributed by atoms with Crippen LogP contribution in [-0.4, -0.2) is 17.1 Å². The molecule has 1 heterocycles. The number of nitrogens with one attached hydrogen (secondary N) is 2. The maximum absolute atomic E-state index is 12.0. The van der Waals surface area contributed by atoms with E-state index < -0.39 is 0 Å². The van der Waals surface area contributed by atoms with Crippen molar-refractivity contribution in [1.82, 2.24) is 10.3 Å². The van der Waals surface area contributed by atoms with Crippen LogP contribution < -0.4 is 15.4 Å². The zero-order valence-corrected chi connectivity index (χ0v) is 13.1. The summed E-state index contributed by atoms with van der Waals surface area (Å²) >= 11 is 0. The van der Waals surface area contributed by atoms with Gasteiger partial charge in [0.1, 0.15) is 5.69 Å². The highest BCUT2D eigenvalue weighted by Crippen LogP contribution is 2.21. The third kappa shape index (κ3) is 4.77. The molecule has 0 spiro atoms. The number of urea groups is 1. The Kier molecular flexibility index (Phi) is 5.36. The highest BCUT2D eigenvalue weighted by Gasteiger charge is 2.09. The van der Waals surface area contributed by atoms with Crippen molar-refractivity contribution < 1.29 is 9.53 Å². The smallest absolute Gasteiger partial charge is 0.319 e. The van der Waals surface area contributed by atoms with Gasteiger partial charge in [0.2, 0.25) is 5.88 Å². The van der Waals surface area contributed by atoms with Gasteiger partial charge in [0.05, 0.1) is 6.10 Å². The second-order valence-electron chi connectivity index (χ2n) is 5.32. The van der Waals surface area contributed by atoms with E-state index >= 15 is 0 Å². The summed E-state index contributed by atoms with van der Waals surface area (Å²) in [5, 5.41) is 5.59. The topological polar surface area (TPSA) is 63.2 Å². The Labute approximate surface area is 130 Å². The van der Waals surface area contributed by atoms with Gasteiger partial charge in [0, 0.05) is 12.7 Å². The minimum Gasteiger partial charge on any atom is -0.473 e. The van der Waals surface area contributed by atoms with Crippen LogP contribution in [0.15, 0.2) is 42.6 Å². The lowest BCUT2D eigenvalue weighted by Crippen LogP contribution is -2.28. The van der Waals surface area contributed by atoms with Crippen molar-refractivity contribution in [1.29, 1.82) is 0 Å². The van der Waals surface area contributed by atoms with Gasteiger partial charge in [-0.1, -0.05) is 29.8 Å². The van der Waals surface area contributed by atoms with Gasteiger partial charge < -0.3 is 15.4 Å². The molecule has 0 atom stereocenters. The molecule has 0 aliphatic rings. The summed E-state index contributed by atoms with van der Waals surface area (Å²) in [5.74, 6) is 0.420. The number of aryl methyl sites for hydroxylation is 1. The van der Waals surface area contributed by atoms with Crippen LogP contribution in [0.25, 0.3) is 0 Å². The normalized spacial score (nSPS) is 10.4. The number of aromatic nitrogens is 1. The lowest BCUT2D eigenvalue weighted by atomic mass is 10.1. The van der Waals surface area contributed by atoms with E-state index in [1.165, 1.54) is 5.56 Å². The molecule has 0 fully saturated rings. The summed E-state index contributed by atoms with van der Waals surface area (Å²) in [4.78, 5) is 16.1. The molecule has 2 N–H and O–H groups in total. The molecule has 0 unspecified atom stereocenters. The Morgan fingerprint density at radius 3 is 2.82 bits per heavy atom. The fourth-order valence-electron chi connectivity index (χ4n) is 1.97. The number of hydrogen-bond donors (Lipinski definition) is 2. The molecule has 0 saturated heterocycles. The van der Waals surface area contributed by atoms with Crippen molar-refractivity contribution in [2.24, 2.45) is 0 Å². The first-order chi connectivity index (χ1) is 10.5. The monoisotopic (exact) mass is 299 g/mol. The molecule has 22 heavy (non-hydrogen) atoms. The minimum atomic E-state index is -0.289. The maximum Gasteiger partial charge on any atom is 0.319 e. The van der Waals surface area contributed by atoms with E-state index in [-0.39, 0.29) is 12.1 Å². The molecule has 0 aliphatic carbocycles. The fourth-order valence-corrected chi connectivity index (χ4v) is 1.97. The van der Waals surface area contributed by atoms with Gasteiger partial charge in [0.15, 0.2) is 0 Å². The SMILES string of the molecule is Cc1cccc(CNC(=O)Nc2cccnc2OC(C)C)c1. The number of rotatable bonds is 5. The zero-order valence-electron chi connectivity index (χ0n) is 13.1. The van der Waals surface area contributed by atoms with Gasteiger partial charge in [-0.3, -0.25) is 0 Å². The third-order valence-corrected chi connectivity index (χ3v) is 2.90. The van der Waals surface area contributed by atoms with Crippen molar-refractivity contribution in [3.05, 3.63) is 53.7 Å². The first-order valence-electron chi connectivity index (χ1n) is 7.26. The van der Waals surface area contributed by atoms with Crippen LogP contribution >= 0.6 is 0 Å². The Bertz CT molecular complexity index is 641. The molecule has 2 amide bonds. The summed E-state index contributed by atoms with van der Waals surface area (Å²) in [6.45, 7) is 6.31. The molecule has 2 aromatic rings. The zero-order chi connectivity index (χ0) is 15.9. The van der Waals surface area contributed by atoms with Crippen LogP contribution in [0.4, 0.5) is 10.5 Å². The molecule has 0 bridgehead atoms. The predicted molar refractivity (Wildman–Crippen MR) is 87.0 cm³/mol. The van der Waals surface area contributed by atoms with Gasteiger partial charge in [0.25, 0.3) is 0 Å². The number of pyridine rings is 1. The van der Waals surface area contributed by atoms with Crippen LogP contribution in [0, 0.1) is 6.92 Å². The lowest BCUT2D eigenvalue weighted by Gasteiger charge is -2.14. The van der Waals surface area contributed by atoms with E-state index in [0.717, 1.165) is 5.56 Å². The molecular formula is C17H21N3O2. The van der Waals surface area contributed by atoms with Crippen molar-refractivity contribution in [3.63, 3.8) is 0 Å². The van der Waals surface area contributed by atoms with Crippen LogP contribution in [-0.2, 0) is 6.54 Å². The highest BCUT2D eigenvalue weighted by atomic mass is 16.5. The van der Waals surface area contributed by atoms with E-state index in [1.54, 1.807) is 18.3 Å². The van der Waals surface area contributed by atoms with Crippen molar-refractivity contribution in [3.8, 4) is 5.88 Å². The molecule has 1 aromatic carbocycles. The Balaban J connectivity index is 1.95. The lowest BCUT2D eigenvalue weighted by molar-refractivity contribution is 0.233. The van der Waals surface area contributed by atoms with E-state index in [0.29, 0.717) is 18.1 Å². The quantitative estimate of drug-likeness (QED) is 0.888. The molecule has 5 nitrogen and oxygen atoms in total. The van der Waals surface area contributed by atoms with Crippen molar-refractivity contribution >= 4 is 11.7 Å². The first kappa shape index (κ1) is 15.8. The molecule has 1 aromatic heterocycles. The molecule has 0 radical (unpaired) electrons. The van der Waals surface area contributed by atoms with Gasteiger partial charge in [-0.15, -0.1) is 0 Å². The molecule has 5 heteroatoms. The second kappa shape index (κ2) is 7.45. The average molecular weight is 299 g/mol. The van der Waals surface area contributed by atoms with Crippen LogP contribution in [0.2, 0.25) is 0 Å². The number of amides is 2. The van der Waals surface area contributed by atoms with E-state index in [9.17, 15) is 4.79 Å².